The predicted octanol–water partition coefficient (Wildman–Crippen LogP) is 4.44. The molecular weight excluding hydrogens is 432 g/mol. The first-order valence-electron chi connectivity index (χ1n) is 10.7. The molecule has 2 rings (SSSR count). The largest absolute Gasteiger partial charge is 0.462 e. The Morgan fingerprint density at radius 2 is 1.20 bits per heavy atom. The summed E-state index contributed by atoms with van der Waals surface area (Å²) in [4.78, 5) is 0. The minimum Gasteiger partial charge on any atom is -0.462 e. The molecule has 9 heteroatoms. The number of aliphatic hydroxyl groups is 1. The molecule has 30 heavy (non-hydrogen) atoms. The third-order valence-electron chi connectivity index (χ3n) is 4.24. The summed E-state index contributed by atoms with van der Waals surface area (Å²) in [5.41, 5.74) is 0. The smallest absolute Gasteiger partial charge is 0.228 e. The first-order valence-corrected chi connectivity index (χ1v) is 20.9. The minimum atomic E-state index is -1.97. The van der Waals surface area contributed by atoms with Crippen LogP contribution in [0.25, 0.3) is 0 Å². The second-order valence-electron chi connectivity index (χ2n) is 10.7. The van der Waals surface area contributed by atoms with Gasteiger partial charge in [0, 0.05) is 0 Å². The van der Waals surface area contributed by atoms with E-state index in [-0.39, 0.29) is 12.7 Å². The quantitative estimate of drug-likeness (QED) is 0.536. The number of benzene rings is 1. The molecule has 172 valence electrons. The SMILES string of the molecule is C[Si](C)(C)O[C@H]1[C@@H](O[Si](C)(C)C)[C@@H](CO)O[C@@H](Oc2ccccc2)[C@@H]1O[Si](C)(C)C. The average molecular weight is 473 g/mol. The fraction of sp³-hybridized carbons (Fsp3) is 0.714. The van der Waals surface area contributed by atoms with Crippen molar-refractivity contribution in [2.75, 3.05) is 6.61 Å². The van der Waals surface area contributed by atoms with E-state index >= 15 is 0 Å². The highest BCUT2D eigenvalue weighted by molar-refractivity contribution is 6.70. The highest BCUT2D eigenvalue weighted by Crippen LogP contribution is 2.34. The van der Waals surface area contributed by atoms with Gasteiger partial charge in [0.15, 0.2) is 25.0 Å². The van der Waals surface area contributed by atoms with E-state index in [0.29, 0.717) is 5.75 Å². The monoisotopic (exact) mass is 472 g/mol. The lowest BCUT2D eigenvalue weighted by Gasteiger charge is -2.50. The van der Waals surface area contributed by atoms with Gasteiger partial charge >= 0.3 is 0 Å². The van der Waals surface area contributed by atoms with Crippen LogP contribution >= 0.6 is 0 Å². The zero-order valence-corrected chi connectivity index (χ0v) is 23.0. The summed E-state index contributed by atoms with van der Waals surface area (Å²) in [6.45, 7) is 19.1. The lowest BCUT2D eigenvalue weighted by Crippen LogP contribution is -2.66. The fourth-order valence-electron chi connectivity index (χ4n) is 3.38. The number of aliphatic hydroxyl groups excluding tert-OH is 1. The highest BCUT2D eigenvalue weighted by Gasteiger charge is 2.52. The third kappa shape index (κ3) is 8.19. The summed E-state index contributed by atoms with van der Waals surface area (Å²) in [5.74, 6) is 0.694. The Kier molecular flexibility index (Phi) is 8.53. The van der Waals surface area contributed by atoms with Gasteiger partial charge in [-0.2, -0.15) is 0 Å². The summed E-state index contributed by atoms with van der Waals surface area (Å²) in [6, 6.07) is 9.56. The van der Waals surface area contributed by atoms with Crippen LogP contribution in [-0.4, -0.2) is 67.4 Å². The van der Waals surface area contributed by atoms with Gasteiger partial charge in [0.05, 0.1) is 6.61 Å². The molecule has 6 nitrogen and oxygen atoms in total. The number of rotatable bonds is 9. The van der Waals surface area contributed by atoms with Crippen molar-refractivity contribution >= 4 is 25.0 Å². The van der Waals surface area contributed by atoms with Crippen LogP contribution in [0.3, 0.4) is 0 Å². The summed E-state index contributed by atoms with van der Waals surface area (Å²) in [6.07, 6.45) is -2.49. The van der Waals surface area contributed by atoms with Crippen LogP contribution in [0.4, 0.5) is 0 Å². The van der Waals surface area contributed by atoms with Crippen molar-refractivity contribution in [3.63, 3.8) is 0 Å². The van der Waals surface area contributed by atoms with Crippen molar-refractivity contribution in [1.29, 1.82) is 0 Å². The molecule has 1 N–H and O–H groups in total. The molecule has 1 aliphatic rings. The van der Waals surface area contributed by atoms with E-state index in [1.54, 1.807) is 0 Å². The molecule has 1 aromatic carbocycles. The Morgan fingerprint density at radius 3 is 1.67 bits per heavy atom. The van der Waals surface area contributed by atoms with Crippen molar-refractivity contribution in [3.8, 4) is 5.75 Å². The third-order valence-corrected chi connectivity index (χ3v) is 7.17. The predicted molar refractivity (Wildman–Crippen MR) is 127 cm³/mol. The van der Waals surface area contributed by atoms with E-state index < -0.39 is 49.6 Å². The van der Waals surface area contributed by atoms with Gasteiger partial charge < -0.3 is 27.9 Å². The first kappa shape index (κ1) is 25.7. The lowest BCUT2D eigenvalue weighted by molar-refractivity contribution is -0.266. The zero-order chi connectivity index (χ0) is 22.7. The maximum Gasteiger partial charge on any atom is 0.228 e. The maximum atomic E-state index is 10.2. The van der Waals surface area contributed by atoms with Crippen LogP contribution in [0.5, 0.6) is 5.75 Å². The Morgan fingerprint density at radius 1 is 0.733 bits per heavy atom. The van der Waals surface area contributed by atoms with E-state index in [2.05, 4.69) is 58.9 Å². The van der Waals surface area contributed by atoms with Crippen LogP contribution in [0.2, 0.25) is 58.9 Å². The number of para-hydroxylation sites is 1. The normalized spacial score (nSPS) is 28.4. The maximum absolute atomic E-state index is 10.2. The summed E-state index contributed by atoms with van der Waals surface area (Å²) < 4.78 is 32.3. The molecule has 0 aromatic heterocycles. The molecule has 0 unspecified atom stereocenters. The summed E-state index contributed by atoms with van der Waals surface area (Å²) >= 11 is 0. The molecule has 5 atom stereocenters. The molecule has 1 heterocycles. The number of hydrogen-bond acceptors (Lipinski definition) is 6. The molecule has 1 saturated heterocycles. The molecule has 0 bridgehead atoms. The van der Waals surface area contributed by atoms with Crippen LogP contribution in [0.1, 0.15) is 0 Å². The van der Waals surface area contributed by atoms with E-state index in [4.69, 9.17) is 22.8 Å². The van der Waals surface area contributed by atoms with Gasteiger partial charge in [-0.3, -0.25) is 0 Å². The zero-order valence-electron chi connectivity index (χ0n) is 20.0. The molecule has 0 spiro atoms. The Labute approximate surface area is 185 Å². The lowest BCUT2D eigenvalue weighted by atomic mass is 9.99. The summed E-state index contributed by atoms with van der Waals surface area (Å²) in [5, 5.41) is 10.2. The molecule has 0 amide bonds. The van der Waals surface area contributed by atoms with Crippen molar-refractivity contribution < 1.29 is 27.9 Å². The van der Waals surface area contributed by atoms with E-state index in [9.17, 15) is 5.11 Å². The average Bonchev–Trinajstić information content (AvgIpc) is 2.57. The molecule has 1 aliphatic heterocycles. The Hall–Kier alpha value is -0.529. The van der Waals surface area contributed by atoms with Crippen LogP contribution in [0.15, 0.2) is 30.3 Å². The van der Waals surface area contributed by atoms with Gasteiger partial charge in [-0.25, -0.2) is 0 Å². The van der Waals surface area contributed by atoms with Gasteiger partial charge in [-0.15, -0.1) is 0 Å². The minimum absolute atomic E-state index is 0.172. The van der Waals surface area contributed by atoms with Gasteiger partial charge in [-0.05, 0) is 71.1 Å². The van der Waals surface area contributed by atoms with Crippen LogP contribution < -0.4 is 4.74 Å². The number of ether oxygens (including phenoxy) is 2. The second-order valence-corrected chi connectivity index (χ2v) is 24.1. The van der Waals surface area contributed by atoms with Gasteiger partial charge in [-0.1, -0.05) is 18.2 Å². The second kappa shape index (κ2) is 9.95. The van der Waals surface area contributed by atoms with Crippen molar-refractivity contribution in [2.24, 2.45) is 0 Å². The van der Waals surface area contributed by atoms with Crippen LogP contribution in [-0.2, 0) is 18.0 Å². The molecule has 0 aliphatic carbocycles. The van der Waals surface area contributed by atoms with Crippen molar-refractivity contribution in [3.05, 3.63) is 30.3 Å². The molecule has 1 aromatic rings. The molecule has 0 radical (unpaired) electrons. The standard InChI is InChI=1S/C21H40O6Si3/c1-28(2,3)25-18-17(15-22)24-21(23-16-13-11-10-12-14-16)20(27-30(7,8)9)19(18)26-29(4,5)6/h10-14,17-22H,15H2,1-9H3/t17-,18+,19+,20-,21-/m1/s1. The Bertz CT molecular complexity index is 653. The van der Waals surface area contributed by atoms with Crippen molar-refractivity contribution in [2.45, 2.75) is 89.6 Å². The number of hydrogen-bond donors (Lipinski definition) is 1. The highest BCUT2D eigenvalue weighted by atomic mass is 28.4. The first-order chi connectivity index (χ1) is 13.7. The van der Waals surface area contributed by atoms with E-state index in [1.807, 2.05) is 30.3 Å². The van der Waals surface area contributed by atoms with Crippen molar-refractivity contribution in [1.82, 2.24) is 0 Å². The fourth-order valence-corrected chi connectivity index (χ4v) is 6.63. The molecule has 0 saturated carbocycles. The van der Waals surface area contributed by atoms with Gasteiger partial charge in [0.2, 0.25) is 6.29 Å². The topological polar surface area (TPSA) is 66.4 Å². The van der Waals surface area contributed by atoms with Gasteiger partial charge in [0.25, 0.3) is 0 Å². The Balaban J connectivity index is 2.46. The van der Waals surface area contributed by atoms with Crippen LogP contribution in [0, 0.1) is 0 Å². The summed E-state index contributed by atoms with van der Waals surface area (Å²) in [7, 11) is -5.88. The van der Waals surface area contributed by atoms with E-state index in [0.717, 1.165) is 0 Å². The van der Waals surface area contributed by atoms with E-state index in [1.165, 1.54) is 0 Å². The molecular formula is C21H40O6Si3. The van der Waals surface area contributed by atoms with Gasteiger partial charge in [0.1, 0.15) is 30.2 Å². The molecule has 1 fully saturated rings.